The highest BCUT2D eigenvalue weighted by molar-refractivity contribution is 6.36. The Kier molecular flexibility index (Phi) is 3.57. The number of halogens is 1. The van der Waals surface area contributed by atoms with Gasteiger partial charge in [-0.25, -0.2) is 0 Å². The maximum Gasteiger partial charge on any atom is 0.0702 e. The molecule has 0 unspecified atom stereocenters. The Hall–Kier alpha value is -2.64. The lowest BCUT2D eigenvalue weighted by atomic mass is 9.99. The van der Waals surface area contributed by atoms with Crippen LogP contribution in [0.4, 0.5) is 0 Å². The highest BCUT2D eigenvalue weighted by Crippen LogP contribution is 2.36. The van der Waals surface area contributed by atoms with Crippen LogP contribution in [0, 0.1) is 0 Å². The van der Waals surface area contributed by atoms with Crippen molar-refractivity contribution in [2.24, 2.45) is 0 Å². The van der Waals surface area contributed by atoms with Crippen LogP contribution >= 0.6 is 11.6 Å². The summed E-state index contributed by atoms with van der Waals surface area (Å²) in [7, 11) is 0. The van der Waals surface area contributed by atoms with Gasteiger partial charge in [0, 0.05) is 28.3 Å². The Morgan fingerprint density at radius 3 is 2.17 bits per heavy atom. The largest absolute Gasteiger partial charge is 0.256 e. The second-order valence-corrected chi connectivity index (χ2v) is 5.83. The molecule has 4 aromatic rings. The van der Waals surface area contributed by atoms with Gasteiger partial charge in [0.15, 0.2) is 0 Å². The van der Waals surface area contributed by atoms with Crippen LogP contribution in [0.15, 0.2) is 85.1 Å². The van der Waals surface area contributed by atoms with Crippen molar-refractivity contribution in [1.29, 1.82) is 0 Å². The molecule has 1 nitrogen and oxygen atoms in total. The number of hydrogen-bond acceptors (Lipinski definition) is 1. The van der Waals surface area contributed by atoms with Gasteiger partial charge in [0.05, 0.1) is 10.5 Å². The van der Waals surface area contributed by atoms with Crippen LogP contribution in [0.1, 0.15) is 0 Å². The molecule has 0 spiro atoms. The minimum atomic E-state index is 0.760. The van der Waals surface area contributed by atoms with Gasteiger partial charge in [0.2, 0.25) is 0 Å². The Balaban J connectivity index is 1.88. The topological polar surface area (TPSA) is 12.9 Å². The number of benzene rings is 3. The van der Waals surface area contributed by atoms with Gasteiger partial charge in [-0.15, -0.1) is 0 Å². The van der Waals surface area contributed by atoms with E-state index >= 15 is 0 Å². The molecule has 110 valence electrons. The molecule has 0 aliphatic carbocycles. The average Bonchev–Trinajstić information content (AvgIpc) is 2.62. The molecular formula is C21H14ClN. The molecule has 0 N–H and O–H groups in total. The van der Waals surface area contributed by atoms with Crippen molar-refractivity contribution < 1.29 is 0 Å². The van der Waals surface area contributed by atoms with E-state index < -0.39 is 0 Å². The lowest BCUT2D eigenvalue weighted by Gasteiger charge is -2.10. The van der Waals surface area contributed by atoms with Crippen molar-refractivity contribution in [2.45, 2.75) is 0 Å². The van der Waals surface area contributed by atoms with Crippen LogP contribution in [0.3, 0.4) is 0 Å². The van der Waals surface area contributed by atoms with E-state index in [1.54, 1.807) is 0 Å². The van der Waals surface area contributed by atoms with E-state index in [9.17, 15) is 0 Å². The number of pyridine rings is 1. The maximum atomic E-state index is 6.70. The van der Waals surface area contributed by atoms with Crippen molar-refractivity contribution in [1.82, 2.24) is 4.98 Å². The lowest BCUT2D eigenvalue weighted by molar-refractivity contribution is 1.41. The standard InChI is InChI=1S/C21H14ClN/c22-21-18(15-7-2-1-3-8-15)10-6-11-19(21)17-13-16-9-4-5-12-20(16)23-14-17/h1-14H. The molecule has 0 saturated carbocycles. The molecule has 0 bridgehead atoms. The molecule has 0 aliphatic heterocycles. The first kappa shape index (κ1) is 14.0. The molecule has 0 amide bonds. The van der Waals surface area contributed by atoms with Crippen LogP contribution in [-0.4, -0.2) is 4.98 Å². The van der Waals surface area contributed by atoms with Gasteiger partial charge in [-0.3, -0.25) is 4.98 Å². The van der Waals surface area contributed by atoms with E-state index in [0.717, 1.165) is 38.2 Å². The molecule has 23 heavy (non-hydrogen) atoms. The summed E-state index contributed by atoms with van der Waals surface area (Å²) in [6.45, 7) is 0. The van der Waals surface area contributed by atoms with Gasteiger partial charge in [-0.2, -0.15) is 0 Å². The zero-order chi connectivity index (χ0) is 15.6. The number of aromatic nitrogens is 1. The highest BCUT2D eigenvalue weighted by Gasteiger charge is 2.10. The summed E-state index contributed by atoms with van der Waals surface area (Å²) in [4.78, 5) is 4.54. The number of hydrogen-bond donors (Lipinski definition) is 0. The van der Waals surface area contributed by atoms with E-state index in [-0.39, 0.29) is 0 Å². The highest BCUT2D eigenvalue weighted by atomic mass is 35.5. The first-order valence-electron chi connectivity index (χ1n) is 7.52. The van der Waals surface area contributed by atoms with E-state index in [0.29, 0.717) is 0 Å². The van der Waals surface area contributed by atoms with Crippen LogP contribution in [0.5, 0.6) is 0 Å². The van der Waals surface area contributed by atoms with Gasteiger partial charge in [-0.05, 0) is 17.7 Å². The molecule has 4 rings (SSSR count). The number of fused-ring (bicyclic) bond motifs is 1. The van der Waals surface area contributed by atoms with Gasteiger partial charge < -0.3 is 0 Å². The monoisotopic (exact) mass is 315 g/mol. The second kappa shape index (κ2) is 5.86. The van der Waals surface area contributed by atoms with E-state index in [4.69, 9.17) is 11.6 Å². The number of rotatable bonds is 2. The van der Waals surface area contributed by atoms with Crippen molar-refractivity contribution in [3.05, 3.63) is 90.1 Å². The fourth-order valence-corrected chi connectivity index (χ4v) is 3.16. The molecule has 0 aliphatic rings. The van der Waals surface area contributed by atoms with E-state index in [1.165, 1.54) is 0 Å². The second-order valence-electron chi connectivity index (χ2n) is 5.45. The number of nitrogens with zero attached hydrogens (tertiary/aromatic N) is 1. The molecule has 2 heteroatoms. The van der Waals surface area contributed by atoms with Gasteiger partial charge in [0.25, 0.3) is 0 Å². The zero-order valence-corrected chi connectivity index (χ0v) is 13.2. The molecule has 0 atom stereocenters. The molecule has 0 saturated heterocycles. The van der Waals surface area contributed by atoms with Crippen molar-refractivity contribution in [3.63, 3.8) is 0 Å². The molecule has 0 radical (unpaired) electrons. The summed E-state index contributed by atoms with van der Waals surface area (Å²) in [5.41, 5.74) is 5.19. The summed E-state index contributed by atoms with van der Waals surface area (Å²) in [5.74, 6) is 0. The minimum Gasteiger partial charge on any atom is -0.256 e. The summed E-state index contributed by atoms with van der Waals surface area (Å²) in [6.07, 6.45) is 1.89. The summed E-state index contributed by atoms with van der Waals surface area (Å²) in [5, 5.41) is 1.88. The van der Waals surface area contributed by atoms with Gasteiger partial charge in [-0.1, -0.05) is 78.3 Å². The Morgan fingerprint density at radius 1 is 0.652 bits per heavy atom. The Labute approximate surface area is 140 Å². The normalized spacial score (nSPS) is 10.8. The third-order valence-corrected chi connectivity index (χ3v) is 4.39. The van der Waals surface area contributed by atoms with Crippen molar-refractivity contribution in [3.8, 4) is 22.3 Å². The Bertz CT molecular complexity index is 977. The zero-order valence-electron chi connectivity index (χ0n) is 12.4. The fraction of sp³-hybridized carbons (Fsp3) is 0. The predicted octanol–water partition coefficient (Wildman–Crippen LogP) is 6.22. The van der Waals surface area contributed by atoms with Gasteiger partial charge >= 0.3 is 0 Å². The summed E-state index contributed by atoms with van der Waals surface area (Å²) >= 11 is 6.70. The van der Waals surface area contributed by atoms with E-state index in [2.05, 4.69) is 35.3 Å². The molecular weight excluding hydrogens is 302 g/mol. The smallest absolute Gasteiger partial charge is 0.0702 e. The minimum absolute atomic E-state index is 0.760. The average molecular weight is 316 g/mol. The molecule has 3 aromatic carbocycles. The third kappa shape index (κ3) is 2.60. The first-order valence-corrected chi connectivity index (χ1v) is 7.90. The molecule has 1 heterocycles. The maximum absolute atomic E-state index is 6.70. The summed E-state index contributed by atoms with van der Waals surface area (Å²) in [6, 6.07) is 26.6. The molecule has 0 fully saturated rings. The van der Waals surface area contributed by atoms with E-state index in [1.807, 2.05) is 54.7 Å². The summed E-state index contributed by atoms with van der Waals surface area (Å²) < 4.78 is 0. The fourth-order valence-electron chi connectivity index (χ4n) is 2.81. The van der Waals surface area contributed by atoms with Crippen LogP contribution in [0.2, 0.25) is 5.02 Å². The Morgan fingerprint density at radius 2 is 1.35 bits per heavy atom. The van der Waals surface area contributed by atoms with Crippen LogP contribution < -0.4 is 0 Å². The quantitative estimate of drug-likeness (QED) is 0.428. The van der Waals surface area contributed by atoms with Crippen LogP contribution in [-0.2, 0) is 0 Å². The van der Waals surface area contributed by atoms with Crippen LogP contribution in [0.25, 0.3) is 33.2 Å². The predicted molar refractivity (Wildman–Crippen MR) is 97.6 cm³/mol. The third-order valence-electron chi connectivity index (χ3n) is 3.98. The lowest BCUT2D eigenvalue weighted by Crippen LogP contribution is -1.87. The van der Waals surface area contributed by atoms with Crippen molar-refractivity contribution in [2.75, 3.05) is 0 Å². The first-order chi connectivity index (χ1) is 11.3. The van der Waals surface area contributed by atoms with Crippen molar-refractivity contribution >= 4 is 22.5 Å². The van der Waals surface area contributed by atoms with Gasteiger partial charge in [0.1, 0.15) is 0 Å². The molecule has 1 aromatic heterocycles. The number of para-hydroxylation sites is 1. The SMILES string of the molecule is Clc1c(-c2ccccc2)cccc1-c1cnc2ccccc2c1.